The van der Waals surface area contributed by atoms with Crippen LogP contribution in [-0.4, -0.2) is 29.1 Å². The maximum absolute atomic E-state index is 11.7. The zero-order valence-electron chi connectivity index (χ0n) is 15.7. The predicted molar refractivity (Wildman–Crippen MR) is 111 cm³/mol. The van der Waals surface area contributed by atoms with E-state index in [1.807, 2.05) is 12.1 Å². The second-order valence-corrected chi connectivity index (χ2v) is 7.13. The Morgan fingerprint density at radius 1 is 1.07 bits per heavy atom. The Hall–Kier alpha value is -3.78. The van der Waals surface area contributed by atoms with E-state index in [1.165, 1.54) is 13.2 Å². The largest absolute Gasteiger partial charge is 0.477 e. The van der Waals surface area contributed by atoms with Gasteiger partial charge < -0.3 is 18.7 Å². The smallest absolute Gasteiger partial charge is 0.342 e. The van der Waals surface area contributed by atoms with Crippen LogP contribution in [0.1, 0.15) is 16.1 Å². The van der Waals surface area contributed by atoms with Crippen molar-refractivity contribution < 1.29 is 28.3 Å². The van der Waals surface area contributed by atoms with Crippen molar-refractivity contribution in [1.29, 1.82) is 0 Å². The van der Waals surface area contributed by atoms with Gasteiger partial charge in [-0.05, 0) is 48.2 Å². The van der Waals surface area contributed by atoms with Gasteiger partial charge in [0, 0.05) is 11.6 Å². The fourth-order valence-corrected chi connectivity index (χ4v) is 3.48. The van der Waals surface area contributed by atoms with E-state index in [1.54, 1.807) is 48.5 Å². The van der Waals surface area contributed by atoms with Crippen LogP contribution in [0.2, 0.25) is 0 Å². The molecule has 0 radical (unpaired) electrons. The number of aromatic nitrogens is 1. The quantitative estimate of drug-likeness (QED) is 0.261. The maximum atomic E-state index is 11.7. The number of carboxylic acids is 1. The molecule has 0 bridgehead atoms. The third kappa shape index (κ3) is 4.13. The molecular formula is C22H15NO6S. The van der Waals surface area contributed by atoms with E-state index < -0.39 is 11.9 Å². The third-order valence-electron chi connectivity index (χ3n) is 4.15. The fraction of sp³-hybridized carbons (Fsp3) is 0.0455. The van der Waals surface area contributed by atoms with Gasteiger partial charge in [0.05, 0.1) is 12.7 Å². The molecule has 4 rings (SSSR count). The molecule has 0 spiro atoms. The predicted octanol–water partition coefficient (Wildman–Crippen LogP) is 5.09. The summed E-state index contributed by atoms with van der Waals surface area (Å²) in [5.74, 6) is -0.752. The zero-order chi connectivity index (χ0) is 21.1. The molecular weight excluding hydrogens is 406 g/mol. The van der Waals surface area contributed by atoms with Crippen LogP contribution < -0.4 is 0 Å². The molecule has 1 N–H and O–H groups in total. The minimum Gasteiger partial charge on any atom is -0.477 e. The molecule has 2 aromatic heterocycles. The molecule has 0 aliphatic carbocycles. The van der Waals surface area contributed by atoms with Crippen molar-refractivity contribution in [2.24, 2.45) is 0 Å². The first-order valence-corrected chi connectivity index (χ1v) is 9.62. The van der Waals surface area contributed by atoms with Gasteiger partial charge in [-0.3, -0.25) is 0 Å². The van der Waals surface area contributed by atoms with Crippen LogP contribution in [0.3, 0.4) is 0 Å². The summed E-state index contributed by atoms with van der Waals surface area (Å²) >= 11 is 0.894. The molecule has 0 saturated carbocycles. The van der Waals surface area contributed by atoms with Crippen LogP contribution in [0, 0.1) is 0 Å². The molecule has 0 atom stereocenters. The number of para-hydroxylation sites is 2. The van der Waals surface area contributed by atoms with Crippen molar-refractivity contribution in [2.75, 3.05) is 7.11 Å². The van der Waals surface area contributed by atoms with E-state index in [0.29, 0.717) is 33.7 Å². The second-order valence-electron chi connectivity index (χ2n) is 6.14. The summed E-state index contributed by atoms with van der Waals surface area (Å²) in [7, 11) is 1.31. The maximum Gasteiger partial charge on any atom is 0.342 e. The van der Waals surface area contributed by atoms with Gasteiger partial charge in [0.2, 0.25) is 0 Å². The lowest BCUT2D eigenvalue weighted by Gasteiger charge is -2.01. The number of ether oxygens (including phenoxy) is 1. The number of furan rings is 1. The lowest BCUT2D eigenvalue weighted by atomic mass is 10.1. The van der Waals surface area contributed by atoms with Crippen LogP contribution in [0.25, 0.3) is 28.5 Å². The summed E-state index contributed by atoms with van der Waals surface area (Å²) in [6, 6.07) is 17.3. The van der Waals surface area contributed by atoms with Gasteiger partial charge in [-0.15, -0.1) is 0 Å². The molecule has 2 heterocycles. The van der Waals surface area contributed by atoms with Crippen LogP contribution in [-0.2, 0) is 9.53 Å². The van der Waals surface area contributed by atoms with Crippen molar-refractivity contribution >= 4 is 40.9 Å². The van der Waals surface area contributed by atoms with Gasteiger partial charge in [0.1, 0.15) is 21.9 Å². The minimum atomic E-state index is -1.13. The van der Waals surface area contributed by atoms with Crippen molar-refractivity contribution in [1.82, 2.24) is 4.98 Å². The molecule has 30 heavy (non-hydrogen) atoms. The van der Waals surface area contributed by atoms with E-state index in [0.717, 1.165) is 11.8 Å². The summed E-state index contributed by atoms with van der Waals surface area (Å²) in [6.45, 7) is 0. The molecule has 0 aliphatic heterocycles. The molecule has 0 saturated heterocycles. The molecule has 0 amide bonds. The number of methoxy groups -OCH3 is 1. The molecule has 2 aromatic carbocycles. The lowest BCUT2D eigenvalue weighted by Crippen LogP contribution is -2.00. The average molecular weight is 421 g/mol. The van der Waals surface area contributed by atoms with E-state index in [-0.39, 0.29) is 10.1 Å². The number of rotatable bonds is 6. The number of nitrogens with zero attached hydrogens (tertiary/aromatic N) is 1. The zero-order valence-corrected chi connectivity index (χ0v) is 16.5. The first-order valence-electron chi connectivity index (χ1n) is 8.80. The van der Waals surface area contributed by atoms with Crippen LogP contribution >= 0.6 is 11.8 Å². The van der Waals surface area contributed by atoms with Gasteiger partial charge in [-0.1, -0.05) is 24.3 Å². The van der Waals surface area contributed by atoms with E-state index in [9.17, 15) is 14.7 Å². The summed E-state index contributed by atoms with van der Waals surface area (Å²) < 4.78 is 16.1. The Bertz CT molecular complexity index is 1240. The molecule has 150 valence electrons. The normalized spacial score (nSPS) is 11.6. The van der Waals surface area contributed by atoms with Gasteiger partial charge in [0.15, 0.2) is 5.58 Å². The van der Waals surface area contributed by atoms with E-state index >= 15 is 0 Å². The molecule has 0 fully saturated rings. The number of esters is 1. The SMILES string of the molecule is COC(=O)c1cccc(-c2ccc(/C=C(\Sc3nc4ccccc4o3)C(=O)O)o2)c1. The number of carboxylic acid groups (broad SMARTS) is 1. The number of benzene rings is 2. The van der Waals surface area contributed by atoms with Crippen molar-refractivity contribution in [2.45, 2.75) is 5.22 Å². The van der Waals surface area contributed by atoms with Crippen LogP contribution in [0.4, 0.5) is 0 Å². The number of oxazole rings is 1. The number of aliphatic carboxylic acids is 1. The van der Waals surface area contributed by atoms with Gasteiger partial charge >= 0.3 is 11.9 Å². The average Bonchev–Trinajstić information content (AvgIpc) is 3.39. The monoisotopic (exact) mass is 421 g/mol. The number of carbonyl (C=O) groups is 2. The molecule has 4 aromatic rings. The lowest BCUT2D eigenvalue weighted by molar-refractivity contribution is -0.131. The second kappa shape index (κ2) is 8.30. The Morgan fingerprint density at radius 3 is 2.67 bits per heavy atom. The van der Waals surface area contributed by atoms with Crippen molar-refractivity contribution in [3.8, 4) is 11.3 Å². The van der Waals surface area contributed by atoms with Crippen molar-refractivity contribution in [3.05, 3.63) is 76.9 Å². The molecule has 0 unspecified atom stereocenters. The third-order valence-corrected chi connectivity index (χ3v) is 5.01. The number of fused-ring (bicyclic) bond motifs is 1. The van der Waals surface area contributed by atoms with E-state index in [4.69, 9.17) is 13.6 Å². The topological polar surface area (TPSA) is 103 Å². The number of carbonyl (C=O) groups excluding carboxylic acids is 1. The van der Waals surface area contributed by atoms with Crippen molar-refractivity contribution in [3.63, 3.8) is 0 Å². The first-order chi connectivity index (χ1) is 14.5. The molecule has 8 heteroatoms. The summed E-state index contributed by atoms with van der Waals surface area (Å²) in [4.78, 5) is 27.7. The highest BCUT2D eigenvalue weighted by Crippen LogP contribution is 2.32. The van der Waals surface area contributed by atoms with Crippen LogP contribution in [0.15, 0.2) is 79.6 Å². The fourth-order valence-electron chi connectivity index (χ4n) is 2.76. The Labute approximate surface area is 175 Å². The minimum absolute atomic E-state index is 0.00855. The Morgan fingerprint density at radius 2 is 1.90 bits per heavy atom. The molecule has 7 nitrogen and oxygen atoms in total. The van der Waals surface area contributed by atoms with Gasteiger partial charge in [0.25, 0.3) is 5.22 Å². The summed E-state index contributed by atoms with van der Waals surface area (Å²) in [5, 5.41) is 9.79. The standard InChI is InChI=1S/C22H15NO6S/c1-27-21(26)14-6-4-5-13(11-14)17-10-9-15(28-17)12-19(20(24)25)30-22-23-16-7-2-3-8-18(16)29-22/h2-12H,1H3,(H,24,25)/b19-12-. The highest BCUT2D eigenvalue weighted by Gasteiger charge is 2.16. The number of hydrogen-bond donors (Lipinski definition) is 1. The highest BCUT2D eigenvalue weighted by molar-refractivity contribution is 8.03. The van der Waals surface area contributed by atoms with E-state index in [2.05, 4.69) is 4.98 Å². The Balaban J connectivity index is 1.60. The van der Waals surface area contributed by atoms with Crippen LogP contribution in [0.5, 0.6) is 0 Å². The Kier molecular flexibility index (Phi) is 5.40. The number of hydrogen-bond acceptors (Lipinski definition) is 7. The van der Waals surface area contributed by atoms with Gasteiger partial charge in [-0.2, -0.15) is 0 Å². The highest BCUT2D eigenvalue weighted by atomic mass is 32.2. The summed E-state index contributed by atoms with van der Waals surface area (Å²) in [6.07, 6.45) is 1.40. The van der Waals surface area contributed by atoms with Gasteiger partial charge in [-0.25, -0.2) is 14.6 Å². The number of thioether (sulfide) groups is 1. The summed E-state index contributed by atoms with van der Waals surface area (Å²) in [5.41, 5.74) is 2.29. The first kappa shape index (κ1) is 19.5. The molecule has 0 aliphatic rings.